The van der Waals surface area contributed by atoms with Gasteiger partial charge in [0.25, 0.3) is 0 Å². The molecule has 0 amide bonds. The quantitative estimate of drug-likeness (QED) is 0.814. The Morgan fingerprint density at radius 2 is 2.10 bits per heavy atom. The summed E-state index contributed by atoms with van der Waals surface area (Å²) in [6.45, 7) is 4.96. The van der Waals surface area contributed by atoms with Gasteiger partial charge < -0.3 is 5.32 Å². The highest BCUT2D eigenvalue weighted by Crippen LogP contribution is 2.14. The van der Waals surface area contributed by atoms with Gasteiger partial charge in [0.2, 0.25) is 10.0 Å². The summed E-state index contributed by atoms with van der Waals surface area (Å²) in [6.07, 6.45) is 2.34. The Kier molecular flexibility index (Phi) is 5.27. The van der Waals surface area contributed by atoms with Crippen molar-refractivity contribution in [1.82, 2.24) is 14.7 Å². The number of hydrogen-bond acceptors (Lipinski definition) is 6. The summed E-state index contributed by atoms with van der Waals surface area (Å²) in [4.78, 5) is 9.27. The van der Waals surface area contributed by atoms with Crippen molar-refractivity contribution in [2.75, 3.05) is 11.9 Å². The summed E-state index contributed by atoms with van der Waals surface area (Å²) in [6, 6.07) is 3.22. The van der Waals surface area contributed by atoms with Crippen molar-refractivity contribution in [2.24, 2.45) is 0 Å². The van der Waals surface area contributed by atoms with Crippen LogP contribution in [-0.2, 0) is 16.6 Å². The highest BCUT2D eigenvalue weighted by Gasteiger charge is 2.15. The maximum atomic E-state index is 12.2. The smallest absolute Gasteiger partial charge is 0.242 e. The van der Waals surface area contributed by atoms with Gasteiger partial charge in [0.1, 0.15) is 10.7 Å². The van der Waals surface area contributed by atoms with Crippen molar-refractivity contribution in [1.29, 1.82) is 0 Å². The van der Waals surface area contributed by atoms with E-state index in [1.807, 2.05) is 6.92 Å². The highest BCUT2D eigenvalue weighted by atomic mass is 32.2. The van der Waals surface area contributed by atoms with Gasteiger partial charge in [-0.25, -0.2) is 23.1 Å². The average molecular weight is 326 g/mol. The van der Waals surface area contributed by atoms with E-state index in [1.54, 1.807) is 17.6 Å². The molecule has 0 saturated carbocycles. The van der Waals surface area contributed by atoms with Gasteiger partial charge in [-0.15, -0.1) is 11.3 Å². The van der Waals surface area contributed by atoms with Crippen molar-refractivity contribution in [2.45, 2.75) is 31.7 Å². The highest BCUT2D eigenvalue weighted by molar-refractivity contribution is 7.89. The Balaban J connectivity index is 2.03. The predicted molar refractivity (Wildman–Crippen MR) is 83.9 cm³/mol. The molecule has 114 valence electrons. The van der Waals surface area contributed by atoms with Crippen LogP contribution in [0, 0.1) is 6.92 Å². The largest absolute Gasteiger partial charge is 0.370 e. The number of nitrogens with zero attached hydrogens (tertiary/aromatic N) is 2. The van der Waals surface area contributed by atoms with Crippen LogP contribution in [0.15, 0.2) is 28.7 Å². The second kappa shape index (κ2) is 6.97. The molecule has 0 aromatic carbocycles. The van der Waals surface area contributed by atoms with Gasteiger partial charge in [-0.1, -0.05) is 6.92 Å². The van der Waals surface area contributed by atoms with E-state index in [1.165, 1.54) is 17.5 Å². The lowest BCUT2D eigenvalue weighted by Gasteiger charge is -2.07. The second-order valence-electron chi connectivity index (χ2n) is 4.49. The summed E-state index contributed by atoms with van der Waals surface area (Å²) in [5, 5.41) is 3.10. The Morgan fingerprint density at radius 3 is 2.67 bits per heavy atom. The van der Waals surface area contributed by atoms with Crippen LogP contribution in [0.3, 0.4) is 0 Å². The van der Waals surface area contributed by atoms with Gasteiger partial charge in [-0.2, -0.15) is 0 Å². The zero-order chi connectivity index (χ0) is 15.3. The van der Waals surface area contributed by atoms with E-state index in [-0.39, 0.29) is 11.4 Å². The molecule has 0 fully saturated rings. The van der Waals surface area contributed by atoms with Crippen LogP contribution in [-0.4, -0.2) is 24.9 Å². The summed E-state index contributed by atoms with van der Waals surface area (Å²) in [5.74, 6) is 0.675. The number of anilines is 1. The molecule has 2 heterocycles. The summed E-state index contributed by atoms with van der Waals surface area (Å²) in [5.41, 5.74) is 2.55. The molecule has 0 saturated heterocycles. The van der Waals surface area contributed by atoms with Crippen LogP contribution in [0.4, 0.5) is 5.82 Å². The number of thiazole rings is 1. The molecular formula is C13H18N4O2S2. The molecule has 0 atom stereocenters. The Bertz CT molecular complexity index is 680. The normalized spacial score (nSPS) is 11.5. The first kappa shape index (κ1) is 15.9. The molecule has 0 aliphatic heterocycles. The number of aromatic nitrogens is 2. The van der Waals surface area contributed by atoms with Crippen LogP contribution in [0.1, 0.15) is 23.9 Å². The van der Waals surface area contributed by atoms with Gasteiger partial charge in [-0.3, -0.25) is 0 Å². The fourth-order valence-electron chi connectivity index (χ4n) is 1.64. The van der Waals surface area contributed by atoms with E-state index in [0.29, 0.717) is 5.82 Å². The number of pyridine rings is 1. The molecule has 2 N–H and O–H groups in total. The Hall–Kier alpha value is -1.51. The third-order valence-corrected chi connectivity index (χ3v) is 5.19. The topological polar surface area (TPSA) is 84.0 Å². The lowest BCUT2D eigenvalue weighted by Crippen LogP contribution is -2.23. The van der Waals surface area contributed by atoms with E-state index in [4.69, 9.17) is 0 Å². The van der Waals surface area contributed by atoms with Crippen LogP contribution in [0.5, 0.6) is 0 Å². The molecule has 8 heteroatoms. The van der Waals surface area contributed by atoms with Gasteiger partial charge in [0.05, 0.1) is 11.2 Å². The molecule has 0 aliphatic carbocycles. The summed E-state index contributed by atoms with van der Waals surface area (Å²) in [7, 11) is -3.55. The fraction of sp³-hybridized carbons (Fsp3) is 0.385. The molecule has 6 nitrogen and oxygen atoms in total. The second-order valence-corrected chi connectivity index (χ2v) is 7.20. The minimum atomic E-state index is -3.55. The van der Waals surface area contributed by atoms with Gasteiger partial charge in [0, 0.05) is 24.2 Å². The molecule has 0 aliphatic rings. The maximum Gasteiger partial charge on any atom is 0.242 e. The third-order valence-electron chi connectivity index (χ3n) is 2.87. The lowest BCUT2D eigenvalue weighted by molar-refractivity contribution is 0.581. The van der Waals surface area contributed by atoms with Crippen molar-refractivity contribution in [3.63, 3.8) is 0 Å². The molecule has 21 heavy (non-hydrogen) atoms. The zero-order valence-corrected chi connectivity index (χ0v) is 13.6. The van der Waals surface area contributed by atoms with Gasteiger partial charge >= 0.3 is 0 Å². The van der Waals surface area contributed by atoms with Gasteiger partial charge in [-0.05, 0) is 25.5 Å². The first-order valence-corrected chi connectivity index (χ1v) is 8.97. The third kappa shape index (κ3) is 4.23. The van der Waals surface area contributed by atoms with Crippen LogP contribution in [0.25, 0.3) is 0 Å². The maximum absolute atomic E-state index is 12.2. The van der Waals surface area contributed by atoms with Crippen LogP contribution < -0.4 is 10.0 Å². The lowest BCUT2D eigenvalue weighted by atomic mass is 10.4. The van der Waals surface area contributed by atoms with E-state index in [9.17, 15) is 8.42 Å². The van der Waals surface area contributed by atoms with Crippen molar-refractivity contribution in [3.05, 3.63) is 34.4 Å². The molecule has 2 rings (SSSR count). The number of sulfonamides is 1. The van der Waals surface area contributed by atoms with E-state index < -0.39 is 10.0 Å². The molecule has 0 bridgehead atoms. The van der Waals surface area contributed by atoms with Crippen LogP contribution >= 0.6 is 11.3 Å². The van der Waals surface area contributed by atoms with E-state index in [2.05, 4.69) is 26.9 Å². The summed E-state index contributed by atoms with van der Waals surface area (Å²) < 4.78 is 26.9. The Labute approximate surface area is 128 Å². The molecule has 0 unspecified atom stereocenters. The Morgan fingerprint density at radius 1 is 1.29 bits per heavy atom. The zero-order valence-electron chi connectivity index (χ0n) is 12.0. The standard InChI is InChI=1S/C13H18N4O2S2/c1-3-6-14-13-5-4-11(7-15-13)21(18,19)17-8-12-10(2)16-9-20-12/h4-5,7,9,17H,3,6,8H2,1-2H3,(H,14,15). The first-order chi connectivity index (χ1) is 10.0. The molecule has 2 aromatic rings. The number of rotatable bonds is 7. The van der Waals surface area contributed by atoms with Crippen LogP contribution in [0.2, 0.25) is 0 Å². The van der Waals surface area contributed by atoms with Crippen molar-refractivity contribution in [3.8, 4) is 0 Å². The van der Waals surface area contributed by atoms with E-state index >= 15 is 0 Å². The molecule has 0 spiro atoms. The molecule has 2 aromatic heterocycles. The summed E-state index contributed by atoms with van der Waals surface area (Å²) >= 11 is 1.43. The van der Waals surface area contributed by atoms with Crippen molar-refractivity contribution >= 4 is 27.2 Å². The first-order valence-electron chi connectivity index (χ1n) is 6.61. The van der Waals surface area contributed by atoms with E-state index in [0.717, 1.165) is 23.5 Å². The van der Waals surface area contributed by atoms with Crippen molar-refractivity contribution < 1.29 is 8.42 Å². The fourth-order valence-corrected chi connectivity index (χ4v) is 3.38. The monoisotopic (exact) mass is 326 g/mol. The number of hydrogen-bond donors (Lipinski definition) is 2. The average Bonchev–Trinajstić information content (AvgIpc) is 2.89. The minimum absolute atomic E-state index is 0.159. The molecular weight excluding hydrogens is 308 g/mol. The van der Waals surface area contributed by atoms with Gasteiger partial charge in [0.15, 0.2) is 0 Å². The number of aryl methyl sites for hydroxylation is 1. The SMILES string of the molecule is CCCNc1ccc(S(=O)(=O)NCc2scnc2C)cn1. The molecule has 0 radical (unpaired) electrons. The number of nitrogens with one attached hydrogen (secondary N) is 2. The minimum Gasteiger partial charge on any atom is -0.370 e. The predicted octanol–water partition coefficient (Wildman–Crippen LogP) is 2.15.